The Morgan fingerprint density at radius 2 is 2.12 bits per heavy atom. The lowest BCUT2D eigenvalue weighted by atomic mass is 10.00. The van der Waals surface area contributed by atoms with Crippen LogP contribution in [0, 0.1) is 11.7 Å². The zero-order valence-electron chi connectivity index (χ0n) is 9.58. The maximum absolute atomic E-state index is 13.2. The molecule has 16 heavy (non-hydrogen) atoms. The van der Waals surface area contributed by atoms with Crippen LogP contribution in [-0.4, -0.2) is 12.3 Å². The highest BCUT2D eigenvalue weighted by Gasteiger charge is 2.09. The maximum Gasteiger partial charge on any atom is 0.137 e. The van der Waals surface area contributed by atoms with Crippen molar-refractivity contribution >= 4 is 5.78 Å². The first-order valence-electron chi connectivity index (χ1n) is 5.58. The van der Waals surface area contributed by atoms with Crippen LogP contribution in [0.5, 0.6) is 0 Å². The fraction of sp³-hybridized carbons (Fsp3) is 0.462. The van der Waals surface area contributed by atoms with Gasteiger partial charge in [-0.2, -0.15) is 0 Å². The van der Waals surface area contributed by atoms with Crippen LogP contribution in [0.3, 0.4) is 0 Å². The molecule has 0 radical (unpaired) electrons. The quantitative estimate of drug-likeness (QED) is 0.804. The molecule has 0 spiro atoms. The van der Waals surface area contributed by atoms with E-state index in [1.807, 2.05) is 6.92 Å². The third-order valence-electron chi connectivity index (χ3n) is 2.66. The molecule has 1 aromatic carbocycles. The van der Waals surface area contributed by atoms with Gasteiger partial charge in [0.15, 0.2) is 0 Å². The fourth-order valence-corrected chi connectivity index (χ4v) is 1.47. The Bertz CT molecular complexity index is 352. The van der Waals surface area contributed by atoms with Gasteiger partial charge in [0.2, 0.25) is 0 Å². The van der Waals surface area contributed by atoms with E-state index in [2.05, 4.69) is 0 Å². The minimum atomic E-state index is -0.303. The first-order chi connectivity index (χ1) is 7.63. The van der Waals surface area contributed by atoms with Crippen molar-refractivity contribution in [1.82, 2.24) is 0 Å². The Balaban J connectivity index is 2.43. The van der Waals surface area contributed by atoms with Gasteiger partial charge in [-0.1, -0.05) is 25.1 Å². The second kappa shape index (κ2) is 6.38. The van der Waals surface area contributed by atoms with Gasteiger partial charge in [0, 0.05) is 12.8 Å². The highest BCUT2D eigenvalue weighted by Crippen LogP contribution is 2.11. The van der Waals surface area contributed by atoms with E-state index in [0.29, 0.717) is 24.4 Å². The zero-order chi connectivity index (χ0) is 12.0. The van der Waals surface area contributed by atoms with Crippen molar-refractivity contribution in [2.75, 3.05) is 6.54 Å². The first kappa shape index (κ1) is 12.8. The Kier molecular flexibility index (Phi) is 5.12. The largest absolute Gasteiger partial charge is 0.330 e. The highest BCUT2D eigenvalue weighted by molar-refractivity contribution is 5.80. The molecule has 88 valence electrons. The molecule has 0 fully saturated rings. The van der Waals surface area contributed by atoms with Gasteiger partial charge in [-0.3, -0.25) is 4.79 Å². The van der Waals surface area contributed by atoms with E-state index in [0.717, 1.165) is 6.42 Å². The van der Waals surface area contributed by atoms with E-state index in [1.54, 1.807) is 18.2 Å². The van der Waals surface area contributed by atoms with Gasteiger partial charge in [-0.05, 0) is 30.5 Å². The van der Waals surface area contributed by atoms with Crippen molar-refractivity contribution in [3.8, 4) is 0 Å². The summed E-state index contributed by atoms with van der Waals surface area (Å²) in [6, 6.07) is 6.40. The molecule has 1 atom stereocenters. The molecule has 0 amide bonds. The van der Waals surface area contributed by atoms with Crippen molar-refractivity contribution in [2.45, 2.75) is 26.2 Å². The van der Waals surface area contributed by atoms with E-state index in [9.17, 15) is 9.18 Å². The molecule has 1 rings (SSSR count). The number of carbonyl (C=O) groups excluding carboxylic acids is 1. The smallest absolute Gasteiger partial charge is 0.137 e. The van der Waals surface area contributed by atoms with Crippen molar-refractivity contribution in [3.63, 3.8) is 0 Å². The van der Waals surface area contributed by atoms with Crippen molar-refractivity contribution in [2.24, 2.45) is 11.7 Å². The van der Waals surface area contributed by atoms with Crippen LogP contribution in [0.2, 0.25) is 0 Å². The topological polar surface area (TPSA) is 43.1 Å². The van der Waals surface area contributed by atoms with Crippen LogP contribution in [0.15, 0.2) is 24.3 Å². The van der Waals surface area contributed by atoms with E-state index in [1.165, 1.54) is 6.07 Å². The predicted octanol–water partition coefficient (Wildman–Crippen LogP) is 2.31. The van der Waals surface area contributed by atoms with Crippen LogP contribution < -0.4 is 5.73 Å². The molecule has 2 nitrogen and oxygen atoms in total. The molecule has 0 heterocycles. The molecule has 2 N–H and O–H groups in total. The van der Waals surface area contributed by atoms with E-state index >= 15 is 0 Å². The second-order valence-corrected chi connectivity index (χ2v) is 4.19. The number of hydrogen-bond acceptors (Lipinski definition) is 2. The number of rotatable bonds is 6. The number of nitrogens with two attached hydrogens (primary N) is 1. The van der Waals surface area contributed by atoms with Crippen molar-refractivity contribution in [1.29, 1.82) is 0 Å². The molecule has 0 saturated heterocycles. The van der Waals surface area contributed by atoms with Crippen LogP contribution >= 0.6 is 0 Å². The zero-order valence-corrected chi connectivity index (χ0v) is 9.58. The van der Waals surface area contributed by atoms with Crippen molar-refractivity contribution < 1.29 is 9.18 Å². The number of ketones is 1. The third-order valence-corrected chi connectivity index (χ3v) is 2.66. The standard InChI is InChI=1S/C13H18FNO/c1-10(9-15)6-7-12(16)8-11-4-2-3-5-13(11)14/h2-5,10H,6-9,15H2,1H3. The number of carbonyl (C=O) groups is 1. The fourth-order valence-electron chi connectivity index (χ4n) is 1.47. The normalized spacial score (nSPS) is 12.4. The predicted molar refractivity (Wildman–Crippen MR) is 62.6 cm³/mol. The average molecular weight is 223 g/mol. The van der Waals surface area contributed by atoms with Gasteiger partial charge in [-0.25, -0.2) is 4.39 Å². The van der Waals surface area contributed by atoms with Gasteiger partial charge in [0.05, 0.1) is 0 Å². The molecule has 1 aromatic rings. The van der Waals surface area contributed by atoms with Crippen LogP contribution in [0.25, 0.3) is 0 Å². The summed E-state index contributed by atoms with van der Waals surface area (Å²) in [5.74, 6) is 0.123. The summed E-state index contributed by atoms with van der Waals surface area (Å²) < 4.78 is 13.2. The lowest BCUT2D eigenvalue weighted by Gasteiger charge is -2.07. The minimum absolute atomic E-state index is 0.0744. The van der Waals surface area contributed by atoms with Gasteiger partial charge in [0.1, 0.15) is 11.6 Å². The number of halogens is 1. The lowest BCUT2D eigenvalue weighted by Crippen LogP contribution is -2.13. The maximum atomic E-state index is 13.2. The first-order valence-corrected chi connectivity index (χ1v) is 5.58. The van der Waals surface area contributed by atoms with E-state index in [-0.39, 0.29) is 18.0 Å². The molecule has 0 aliphatic heterocycles. The summed E-state index contributed by atoms with van der Waals surface area (Å²) in [7, 11) is 0. The summed E-state index contributed by atoms with van der Waals surface area (Å²) in [5, 5.41) is 0. The van der Waals surface area contributed by atoms with Gasteiger partial charge in [-0.15, -0.1) is 0 Å². The van der Waals surface area contributed by atoms with Gasteiger partial charge < -0.3 is 5.73 Å². The number of benzene rings is 1. The minimum Gasteiger partial charge on any atom is -0.330 e. The van der Waals surface area contributed by atoms with Crippen LogP contribution in [-0.2, 0) is 11.2 Å². The molecule has 0 bridgehead atoms. The summed E-state index contributed by atoms with van der Waals surface area (Å²) in [6.07, 6.45) is 1.44. The summed E-state index contributed by atoms with van der Waals surface area (Å²) in [6.45, 7) is 2.60. The molecule has 1 unspecified atom stereocenters. The Labute approximate surface area is 95.7 Å². The van der Waals surface area contributed by atoms with Crippen LogP contribution in [0.4, 0.5) is 4.39 Å². The second-order valence-electron chi connectivity index (χ2n) is 4.19. The van der Waals surface area contributed by atoms with Gasteiger partial charge >= 0.3 is 0 Å². The molecular formula is C13H18FNO. The summed E-state index contributed by atoms with van der Waals surface area (Å²) in [5.41, 5.74) is 5.94. The average Bonchev–Trinajstić information content (AvgIpc) is 2.29. The van der Waals surface area contributed by atoms with E-state index in [4.69, 9.17) is 5.73 Å². The molecule has 0 saturated carbocycles. The molecule has 3 heteroatoms. The summed E-state index contributed by atoms with van der Waals surface area (Å²) in [4.78, 5) is 11.6. The Morgan fingerprint density at radius 1 is 1.44 bits per heavy atom. The monoisotopic (exact) mass is 223 g/mol. The third kappa shape index (κ3) is 4.11. The Hall–Kier alpha value is -1.22. The van der Waals surface area contributed by atoms with Crippen molar-refractivity contribution in [3.05, 3.63) is 35.6 Å². The molecule has 0 aliphatic rings. The number of hydrogen-bond donors (Lipinski definition) is 1. The molecule has 0 aliphatic carbocycles. The SMILES string of the molecule is CC(CN)CCC(=O)Cc1ccccc1F. The lowest BCUT2D eigenvalue weighted by molar-refractivity contribution is -0.118. The molecule has 0 aromatic heterocycles. The number of Topliss-reactive ketones (excluding diaryl/α,β-unsaturated/α-hetero) is 1. The highest BCUT2D eigenvalue weighted by atomic mass is 19.1. The van der Waals surface area contributed by atoms with Crippen LogP contribution in [0.1, 0.15) is 25.3 Å². The molecular weight excluding hydrogens is 205 g/mol. The van der Waals surface area contributed by atoms with E-state index < -0.39 is 0 Å². The van der Waals surface area contributed by atoms with Gasteiger partial charge in [0.25, 0.3) is 0 Å². The Morgan fingerprint density at radius 3 is 2.75 bits per heavy atom. The summed E-state index contributed by atoms with van der Waals surface area (Å²) >= 11 is 0.